The Labute approximate surface area is 116 Å². The van der Waals surface area contributed by atoms with Gasteiger partial charge in [0.2, 0.25) is 0 Å². The zero-order valence-electron chi connectivity index (χ0n) is 11.3. The summed E-state index contributed by atoms with van der Waals surface area (Å²) in [5, 5.41) is 2.51. The largest absolute Gasteiger partial charge is 0.275 e. The van der Waals surface area contributed by atoms with Crippen molar-refractivity contribution in [3.63, 3.8) is 0 Å². The highest BCUT2D eigenvalue weighted by Crippen LogP contribution is 2.04. The molecule has 0 saturated heterocycles. The van der Waals surface area contributed by atoms with E-state index in [-0.39, 0.29) is 0 Å². The molecule has 0 radical (unpaired) electrons. The minimum atomic E-state index is -2.27. The molecular formula is C18H16Si. The summed E-state index contributed by atoms with van der Waals surface area (Å²) in [5.41, 5.74) is 6.89. The maximum atomic E-state index is 3.44. The molecule has 2 aromatic carbocycles. The van der Waals surface area contributed by atoms with Crippen LogP contribution in [0.3, 0.4) is 0 Å². The van der Waals surface area contributed by atoms with E-state index in [4.69, 9.17) is 0 Å². The van der Waals surface area contributed by atoms with Crippen LogP contribution in [0.15, 0.2) is 60.7 Å². The van der Waals surface area contributed by atoms with Crippen molar-refractivity contribution < 1.29 is 0 Å². The van der Waals surface area contributed by atoms with Gasteiger partial charge < -0.3 is 0 Å². The van der Waals surface area contributed by atoms with Gasteiger partial charge in [-0.3, -0.25) is 0 Å². The van der Waals surface area contributed by atoms with Gasteiger partial charge in [-0.25, -0.2) is 0 Å². The molecule has 92 valence electrons. The molecule has 0 spiro atoms. The predicted octanol–water partition coefficient (Wildman–Crippen LogP) is 2.37. The highest BCUT2D eigenvalue weighted by Gasteiger charge is 2.34. The average Bonchev–Trinajstić information content (AvgIpc) is 2.49. The van der Waals surface area contributed by atoms with Crippen LogP contribution in [0.2, 0.25) is 0 Å². The van der Waals surface area contributed by atoms with E-state index in [0.29, 0.717) is 0 Å². The second-order valence-electron chi connectivity index (χ2n) is 4.23. The summed E-state index contributed by atoms with van der Waals surface area (Å²) in [6, 6.07) is 20.9. The van der Waals surface area contributed by atoms with Gasteiger partial charge in [-0.1, -0.05) is 60.7 Å². The lowest BCUT2D eigenvalue weighted by molar-refractivity contribution is 1.72. The lowest BCUT2D eigenvalue weighted by Crippen LogP contribution is -2.57. The van der Waals surface area contributed by atoms with Gasteiger partial charge in [-0.15, -0.1) is 22.9 Å². The van der Waals surface area contributed by atoms with Crippen molar-refractivity contribution in [2.75, 3.05) is 0 Å². The zero-order chi connectivity index (χ0) is 13.6. The monoisotopic (exact) mass is 260 g/mol. The summed E-state index contributed by atoms with van der Waals surface area (Å²) in [7, 11) is -2.27. The van der Waals surface area contributed by atoms with E-state index in [1.54, 1.807) is 0 Å². The first-order valence-corrected chi connectivity index (χ1v) is 8.32. The Kier molecular flexibility index (Phi) is 4.24. The molecule has 0 aliphatic rings. The van der Waals surface area contributed by atoms with Crippen molar-refractivity contribution in [1.82, 2.24) is 0 Å². The highest BCUT2D eigenvalue weighted by molar-refractivity contribution is 7.13. The fourth-order valence-electron chi connectivity index (χ4n) is 2.24. The van der Waals surface area contributed by atoms with E-state index >= 15 is 0 Å². The number of hydrogen-bond acceptors (Lipinski definition) is 0. The number of rotatable bonds is 2. The van der Waals surface area contributed by atoms with E-state index in [1.165, 1.54) is 10.4 Å². The van der Waals surface area contributed by atoms with Gasteiger partial charge in [-0.2, -0.15) is 0 Å². The lowest BCUT2D eigenvalue weighted by Gasteiger charge is -2.21. The Bertz CT molecular complexity index is 587. The van der Waals surface area contributed by atoms with E-state index < -0.39 is 8.07 Å². The predicted molar refractivity (Wildman–Crippen MR) is 84.8 cm³/mol. The average molecular weight is 260 g/mol. The molecule has 0 aliphatic heterocycles. The molecule has 0 nitrogen and oxygen atoms in total. The van der Waals surface area contributed by atoms with Crippen LogP contribution in [0.4, 0.5) is 0 Å². The Morgan fingerprint density at radius 2 is 1.00 bits per heavy atom. The zero-order valence-corrected chi connectivity index (χ0v) is 12.3. The molecule has 0 atom stereocenters. The van der Waals surface area contributed by atoms with Crippen molar-refractivity contribution in [2.45, 2.75) is 13.8 Å². The van der Waals surface area contributed by atoms with Gasteiger partial charge in [0.15, 0.2) is 0 Å². The van der Waals surface area contributed by atoms with Gasteiger partial charge in [-0.05, 0) is 24.2 Å². The summed E-state index contributed by atoms with van der Waals surface area (Å²) in [5.74, 6) is 6.20. The van der Waals surface area contributed by atoms with E-state index in [2.05, 4.69) is 71.5 Å². The molecule has 2 aromatic rings. The fraction of sp³-hybridized carbons (Fsp3) is 0.111. The molecule has 2 rings (SSSR count). The second kappa shape index (κ2) is 6.09. The first-order valence-electron chi connectivity index (χ1n) is 6.32. The van der Waals surface area contributed by atoms with Crippen LogP contribution in [-0.4, -0.2) is 8.07 Å². The van der Waals surface area contributed by atoms with Crippen LogP contribution in [0.1, 0.15) is 13.8 Å². The molecule has 0 amide bonds. The SMILES string of the molecule is CC#C[Si](C#CC)(c1ccccc1)c1ccccc1. The topological polar surface area (TPSA) is 0 Å². The van der Waals surface area contributed by atoms with Crippen LogP contribution in [0, 0.1) is 22.9 Å². The molecule has 0 unspecified atom stereocenters. The first kappa shape index (κ1) is 13.2. The normalized spacial score (nSPS) is 9.79. The van der Waals surface area contributed by atoms with Crippen LogP contribution < -0.4 is 10.4 Å². The van der Waals surface area contributed by atoms with Crippen LogP contribution in [0.5, 0.6) is 0 Å². The molecule has 1 heteroatoms. The molecule has 0 saturated carbocycles. The van der Waals surface area contributed by atoms with Gasteiger partial charge >= 0.3 is 0 Å². The first-order chi connectivity index (χ1) is 9.33. The van der Waals surface area contributed by atoms with Crippen LogP contribution in [0.25, 0.3) is 0 Å². The smallest absolute Gasteiger partial charge is 0.112 e. The van der Waals surface area contributed by atoms with Crippen molar-refractivity contribution in [1.29, 1.82) is 0 Å². The Balaban J connectivity index is 2.73. The summed E-state index contributed by atoms with van der Waals surface area (Å²) < 4.78 is 0. The van der Waals surface area contributed by atoms with Crippen molar-refractivity contribution in [2.24, 2.45) is 0 Å². The van der Waals surface area contributed by atoms with Crippen molar-refractivity contribution >= 4 is 18.4 Å². The number of hydrogen-bond donors (Lipinski definition) is 0. The van der Waals surface area contributed by atoms with E-state index in [1.807, 2.05) is 26.0 Å². The fourth-order valence-corrected chi connectivity index (χ4v) is 5.35. The minimum absolute atomic E-state index is 1.25. The quantitative estimate of drug-likeness (QED) is 0.574. The third-order valence-electron chi connectivity index (χ3n) is 3.04. The molecule has 0 aliphatic carbocycles. The van der Waals surface area contributed by atoms with Gasteiger partial charge in [0.05, 0.1) is 0 Å². The van der Waals surface area contributed by atoms with Gasteiger partial charge in [0.25, 0.3) is 8.07 Å². The Morgan fingerprint density at radius 1 is 0.632 bits per heavy atom. The molecule has 19 heavy (non-hydrogen) atoms. The molecule has 0 heterocycles. The summed E-state index contributed by atoms with van der Waals surface area (Å²) >= 11 is 0. The second-order valence-corrected chi connectivity index (χ2v) is 7.39. The maximum Gasteiger partial charge on any atom is 0.275 e. The summed E-state index contributed by atoms with van der Waals surface area (Å²) in [6.07, 6.45) is 0. The summed E-state index contributed by atoms with van der Waals surface area (Å²) in [6.45, 7) is 3.79. The summed E-state index contributed by atoms with van der Waals surface area (Å²) in [4.78, 5) is 0. The molecule has 0 bridgehead atoms. The minimum Gasteiger partial charge on any atom is -0.112 e. The third-order valence-corrected chi connectivity index (χ3v) is 6.69. The van der Waals surface area contributed by atoms with Crippen molar-refractivity contribution in [3.05, 3.63) is 60.7 Å². The van der Waals surface area contributed by atoms with Crippen LogP contribution in [-0.2, 0) is 0 Å². The van der Waals surface area contributed by atoms with Crippen LogP contribution >= 0.6 is 0 Å². The highest BCUT2D eigenvalue weighted by atomic mass is 28.3. The lowest BCUT2D eigenvalue weighted by atomic mass is 10.4. The molecule has 0 aromatic heterocycles. The Morgan fingerprint density at radius 3 is 1.32 bits per heavy atom. The number of benzene rings is 2. The maximum absolute atomic E-state index is 3.44. The van der Waals surface area contributed by atoms with Crippen molar-refractivity contribution in [3.8, 4) is 22.9 Å². The molecule has 0 fully saturated rings. The van der Waals surface area contributed by atoms with E-state index in [0.717, 1.165) is 0 Å². The van der Waals surface area contributed by atoms with E-state index in [9.17, 15) is 0 Å². The third kappa shape index (κ3) is 2.62. The molecule has 0 N–H and O–H groups in total. The Hall–Kier alpha value is -2.22. The molecular weight excluding hydrogens is 244 g/mol. The van der Waals surface area contributed by atoms with Gasteiger partial charge in [0, 0.05) is 0 Å². The standard InChI is InChI=1S/C18H16Si/c1-3-15-19(16-4-2,17-11-7-5-8-12-17)18-13-9-6-10-14-18/h5-14H,1-2H3. The van der Waals surface area contributed by atoms with Gasteiger partial charge in [0.1, 0.15) is 0 Å².